The van der Waals surface area contributed by atoms with E-state index in [-0.39, 0.29) is 24.0 Å². The first-order valence-electron chi connectivity index (χ1n) is 11.9. The summed E-state index contributed by atoms with van der Waals surface area (Å²) in [6, 6.07) is 26.3. The largest absolute Gasteiger partial charge is 0.324 e. The minimum Gasteiger partial charge on any atom is -0.324 e. The lowest BCUT2D eigenvalue weighted by Gasteiger charge is -2.43. The van der Waals surface area contributed by atoms with Gasteiger partial charge in [-0.15, -0.1) is 0 Å². The van der Waals surface area contributed by atoms with Gasteiger partial charge in [0.15, 0.2) is 11.6 Å². The third-order valence-corrected chi connectivity index (χ3v) is 8.92. The van der Waals surface area contributed by atoms with Crippen LogP contribution in [0.5, 0.6) is 0 Å². The topological polar surface area (TPSA) is 66.5 Å². The highest BCUT2D eigenvalue weighted by Crippen LogP contribution is 2.65. The van der Waals surface area contributed by atoms with Gasteiger partial charge in [0.2, 0.25) is 0 Å². The number of anilines is 1. The summed E-state index contributed by atoms with van der Waals surface area (Å²) < 4.78 is 0.868. The van der Waals surface area contributed by atoms with Crippen molar-refractivity contribution in [3.8, 4) is 0 Å². The van der Waals surface area contributed by atoms with E-state index in [0.29, 0.717) is 16.8 Å². The fourth-order valence-electron chi connectivity index (χ4n) is 7.11. The van der Waals surface area contributed by atoms with Gasteiger partial charge in [0.1, 0.15) is 11.0 Å². The summed E-state index contributed by atoms with van der Waals surface area (Å²) in [6.07, 6.45) is 0. The third-order valence-electron chi connectivity index (χ3n) is 8.39. The number of carbonyl (C=O) groups excluding carboxylic acids is 3. The maximum absolute atomic E-state index is 14.8. The van der Waals surface area contributed by atoms with Crippen molar-refractivity contribution in [2.24, 2.45) is 5.92 Å². The Labute approximate surface area is 216 Å². The van der Waals surface area contributed by atoms with Crippen LogP contribution in [-0.2, 0) is 15.7 Å². The zero-order valence-electron chi connectivity index (χ0n) is 19.4. The van der Waals surface area contributed by atoms with E-state index in [1.54, 1.807) is 12.1 Å². The van der Waals surface area contributed by atoms with E-state index in [1.165, 1.54) is 0 Å². The van der Waals surface area contributed by atoms with Gasteiger partial charge in [0, 0.05) is 33.4 Å². The smallest absolute Gasteiger partial charge is 0.251 e. The lowest BCUT2D eigenvalue weighted by atomic mass is 9.57. The first kappa shape index (κ1) is 21.7. The number of fused-ring (bicyclic) bond motifs is 4. The number of ketones is 2. The summed E-state index contributed by atoms with van der Waals surface area (Å²) in [5, 5.41) is 4.82. The van der Waals surface area contributed by atoms with Gasteiger partial charge in [-0.25, -0.2) is 0 Å². The van der Waals surface area contributed by atoms with Crippen molar-refractivity contribution in [2.75, 3.05) is 18.9 Å². The molecule has 176 valence electrons. The fraction of sp³-hybridized carbons (Fsp3) is 0.167. The molecule has 1 amide bonds. The normalized spacial score (nSPS) is 26.2. The van der Waals surface area contributed by atoms with Crippen molar-refractivity contribution in [1.82, 2.24) is 4.90 Å². The molecule has 1 fully saturated rings. The summed E-state index contributed by atoms with van der Waals surface area (Å²) in [6.45, 7) is 0.271. The fourth-order valence-corrected chi connectivity index (χ4v) is 7.37. The lowest BCUT2D eigenvalue weighted by Crippen LogP contribution is -2.61. The minimum atomic E-state index is -1.41. The number of amides is 1. The van der Waals surface area contributed by atoms with Gasteiger partial charge in [-0.05, 0) is 41.6 Å². The van der Waals surface area contributed by atoms with E-state index >= 15 is 0 Å². The number of likely N-dealkylation sites (N-methyl/N-ethyl adjacent to an activating group) is 1. The summed E-state index contributed by atoms with van der Waals surface area (Å²) in [4.78, 5) is 45.2. The van der Waals surface area contributed by atoms with E-state index in [1.807, 2.05) is 84.7 Å². The van der Waals surface area contributed by atoms with Gasteiger partial charge in [-0.2, -0.15) is 0 Å². The van der Waals surface area contributed by atoms with Crippen molar-refractivity contribution in [1.29, 1.82) is 0 Å². The Bertz CT molecular complexity index is 1640. The highest BCUT2D eigenvalue weighted by molar-refractivity contribution is 9.10. The van der Waals surface area contributed by atoms with Crippen molar-refractivity contribution < 1.29 is 14.4 Å². The molecule has 3 aliphatic rings. The van der Waals surface area contributed by atoms with Crippen LogP contribution >= 0.6 is 15.9 Å². The van der Waals surface area contributed by atoms with Crippen LogP contribution in [0.15, 0.2) is 89.4 Å². The highest BCUT2D eigenvalue weighted by atomic mass is 79.9. The lowest BCUT2D eigenvalue weighted by molar-refractivity contribution is -0.127. The van der Waals surface area contributed by atoms with Gasteiger partial charge in [-0.1, -0.05) is 82.7 Å². The average Bonchev–Trinajstić information content (AvgIpc) is 3.45. The first-order chi connectivity index (χ1) is 17.4. The number of carbonyl (C=O) groups is 3. The third kappa shape index (κ3) is 2.32. The zero-order chi connectivity index (χ0) is 24.8. The van der Waals surface area contributed by atoms with E-state index in [0.717, 1.165) is 26.4 Å². The van der Waals surface area contributed by atoms with Gasteiger partial charge in [-0.3, -0.25) is 19.3 Å². The number of para-hydroxylation sites is 1. The van der Waals surface area contributed by atoms with Crippen LogP contribution in [0.3, 0.4) is 0 Å². The van der Waals surface area contributed by atoms with Crippen molar-refractivity contribution in [2.45, 2.75) is 11.0 Å². The number of Topliss-reactive ketones (excluding diaryl/α,β-unsaturated/α-hetero) is 2. The molecule has 1 aliphatic carbocycles. The predicted molar refractivity (Wildman–Crippen MR) is 141 cm³/mol. The molecule has 5 nitrogen and oxygen atoms in total. The molecule has 6 heteroatoms. The van der Waals surface area contributed by atoms with Gasteiger partial charge >= 0.3 is 0 Å². The number of benzene rings is 4. The molecule has 1 N–H and O–H groups in total. The van der Waals surface area contributed by atoms with E-state index in [2.05, 4.69) is 21.2 Å². The molecular weight excluding hydrogens is 516 g/mol. The molecule has 0 saturated carbocycles. The molecule has 4 aromatic rings. The Morgan fingerprint density at radius 1 is 0.917 bits per heavy atom. The number of nitrogens with zero attached hydrogens (tertiary/aromatic N) is 1. The van der Waals surface area contributed by atoms with Crippen LogP contribution in [-0.4, -0.2) is 36.0 Å². The zero-order valence-corrected chi connectivity index (χ0v) is 21.0. The molecule has 3 atom stereocenters. The van der Waals surface area contributed by atoms with Crippen LogP contribution in [0, 0.1) is 5.92 Å². The Morgan fingerprint density at radius 3 is 2.39 bits per heavy atom. The highest BCUT2D eigenvalue weighted by Gasteiger charge is 2.77. The Morgan fingerprint density at radius 2 is 1.61 bits per heavy atom. The number of nitrogens with one attached hydrogen (secondary N) is 1. The van der Waals surface area contributed by atoms with Crippen LogP contribution in [0.25, 0.3) is 10.8 Å². The summed E-state index contributed by atoms with van der Waals surface area (Å²) >= 11 is 3.44. The number of rotatable bonds is 2. The van der Waals surface area contributed by atoms with Gasteiger partial charge in [0.05, 0.1) is 5.92 Å². The molecule has 36 heavy (non-hydrogen) atoms. The SMILES string of the molecule is CN1C[C@@H](C(=O)c2ccc(Br)cc2)[C@]2(C(=O)c3cccc4cccc2c34)[C@@]12C(=O)Nc1ccccc12. The van der Waals surface area contributed by atoms with Crippen molar-refractivity contribution in [3.05, 3.63) is 112 Å². The molecule has 2 heterocycles. The molecule has 7 rings (SSSR count). The second-order valence-corrected chi connectivity index (χ2v) is 10.8. The molecule has 1 saturated heterocycles. The molecular formula is C30H21BrN2O3. The number of hydrogen-bond donors (Lipinski definition) is 1. The Hall–Kier alpha value is -3.61. The number of likely N-dealkylation sites (tertiary alicyclic amines) is 1. The minimum absolute atomic E-state index is 0.137. The van der Waals surface area contributed by atoms with Crippen LogP contribution in [0.4, 0.5) is 5.69 Å². The summed E-state index contributed by atoms with van der Waals surface area (Å²) in [5.74, 6) is -1.33. The first-order valence-corrected chi connectivity index (χ1v) is 12.7. The standard InChI is InChI=1S/C30H21BrN2O3/c1-33-16-23(26(34)18-12-14-19(31)15-13-18)29(30(33)21-9-2-3-11-24(21)32-28(30)36)22-10-5-7-17-6-4-8-20(25(17)22)27(29)35/h2-15,23H,16H2,1H3,(H,32,36)/t23-,29+,30+/m0/s1. The van der Waals surface area contributed by atoms with Crippen molar-refractivity contribution in [3.63, 3.8) is 0 Å². The molecule has 2 aliphatic heterocycles. The molecule has 0 unspecified atom stereocenters. The summed E-state index contributed by atoms with van der Waals surface area (Å²) in [7, 11) is 1.86. The number of hydrogen-bond acceptors (Lipinski definition) is 4. The molecule has 4 aromatic carbocycles. The van der Waals surface area contributed by atoms with Gasteiger partial charge < -0.3 is 5.32 Å². The number of halogens is 1. The monoisotopic (exact) mass is 536 g/mol. The Kier molecular flexibility index (Phi) is 4.34. The van der Waals surface area contributed by atoms with Crippen LogP contribution in [0.1, 0.15) is 31.8 Å². The van der Waals surface area contributed by atoms with Crippen LogP contribution < -0.4 is 5.32 Å². The van der Waals surface area contributed by atoms with Crippen LogP contribution in [0.2, 0.25) is 0 Å². The van der Waals surface area contributed by atoms with E-state index in [9.17, 15) is 14.4 Å². The average molecular weight is 537 g/mol. The molecule has 0 radical (unpaired) electrons. The maximum Gasteiger partial charge on any atom is 0.251 e. The second-order valence-electron chi connectivity index (χ2n) is 9.86. The summed E-state index contributed by atoms with van der Waals surface area (Å²) in [5.41, 5.74) is 0.504. The Balaban J connectivity index is 1.60. The second kappa shape index (κ2) is 7.21. The molecule has 0 aromatic heterocycles. The van der Waals surface area contributed by atoms with E-state index in [4.69, 9.17) is 0 Å². The van der Waals surface area contributed by atoms with Crippen molar-refractivity contribution >= 4 is 49.9 Å². The predicted octanol–water partition coefficient (Wildman–Crippen LogP) is 5.33. The molecule has 2 spiro atoms. The maximum atomic E-state index is 14.8. The van der Waals surface area contributed by atoms with Gasteiger partial charge in [0.25, 0.3) is 5.91 Å². The molecule has 0 bridgehead atoms. The quantitative estimate of drug-likeness (QED) is 0.351. The van der Waals surface area contributed by atoms with E-state index < -0.39 is 16.9 Å².